The van der Waals surface area contributed by atoms with Gasteiger partial charge in [0.05, 0.1) is 18.9 Å². The van der Waals surface area contributed by atoms with E-state index in [4.69, 9.17) is 4.74 Å². The summed E-state index contributed by atoms with van der Waals surface area (Å²) in [6.07, 6.45) is 1.79. The van der Waals surface area contributed by atoms with E-state index in [0.717, 1.165) is 29.5 Å². The second-order valence-electron chi connectivity index (χ2n) is 7.40. The third-order valence-corrected chi connectivity index (χ3v) is 5.28. The number of nitrogens with zero attached hydrogens (tertiary/aromatic N) is 1. The Labute approximate surface area is 170 Å². The molecule has 1 unspecified atom stereocenters. The highest BCUT2D eigenvalue weighted by Gasteiger charge is 2.28. The van der Waals surface area contributed by atoms with Crippen LogP contribution in [0.4, 0.5) is 4.39 Å². The molecule has 6 heteroatoms. The predicted molar refractivity (Wildman–Crippen MR) is 108 cm³/mol. The number of benzene rings is 2. The number of methoxy groups -OCH3 is 1. The van der Waals surface area contributed by atoms with E-state index in [-0.39, 0.29) is 30.0 Å². The predicted octanol–water partition coefficient (Wildman–Crippen LogP) is 3.07. The smallest absolute Gasteiger partial charge is 0.227 e. The summed E-state index contributed by atoms with van der Waals surface area (Å²) in [6.45, 7) is 2.02. The molecule has 1 heterocycles. The van der Waals surface area contributed by atoms with Gasteiger partial charge >= 0.3 is 0 Å². The van der Waals surface area contributed by atoms with E-state index in [0.29, 0.717) is 26.2 Å². The van der Waals surface area contributed by atoms with Crippen LogP contribution in [-0.4, -0.2) is 36.9 Å². The van der Waals surface area contributed by atoms with Gasteiger partial charge in [0.1, 0.15) is 5.82 Å². The number of piperidine rings is 1. The number of carbonyl (C=O) groups is 2. The average molecular weight is 398 g/mol. The fourth-order valence-corrected chi connectivity index (χ4v) is 3.66. The molecule has 0 radical (unpaired) electrons. The molecule has 1 fully saturated rings. The summed E-state index contributed by atoms with van der Waals surface area (Å²) in [5, 5.41) is 3.01. The number of rotatable bonds is 7. The second-order valence-corrected chi connectivity index (χ2v) is 7.40. The Balaban J connectivity index is 1.54. The Morgan fingerprint density at radius 3 is 2.59 bits per heavy atom. The summed E-state index contributed by atoms with van der Waals surface area (Å²) in [5.41, 5.74) is 2.86. The lowest BCUT2D eigenvalue weighted by Crippen LogP contribution is -2.45. The molecule has 2 aromatic rings. The molecular weight excluding hydrogens is 371 g/mol. The fraction of sp³-hybridized carbons (Fsp3) is 0.391. The van der Waals surface area contributed by atoms with E-state index < -0.39 is 0 Å². The maximum atomic E-state index is 13.0. The van der Waals surface area contributed by atoms with Crippen LogP contribution in [0.5, 0.6) is 0 Å². The van der Waals surface area contributed by atoms with E-state index in [2.05, 4.69) is 5.32 Å². The van der Waals surface area contributed by atoms with Crippen molar-refractivity contribution in [3.05, 3.63) is 71.0 Å². The molecule has 0 saturated carbocycles. The first-order chi connectivity index (χ1) is 14.1. The largest absolute Gasteiger partial charge is 0.380 e. The maximum Gasteiger partial charge on any atom is 0.227 e. The van der Waals surface area contributed by atoms with Gasteiger partial charge in [0.25, 0.3) is 0 Å². The highest BCUT2D eigenvalue weighted by Crippen LogP contribution is 2.19. The zero-order chi connectivity index (χ0) is 20.6. The Hall–Kier alpha value is -2.73. The zero-order valence-corrected chi connectivity index (χ0v) is 16.7. The molecule has 0 aliphatic carbocycles. The highest BCUT2D eigenvalue weighted by atomic mass is 19.1. The van der Waals surface area contributed by atoms with Crippen molar-refractivity contribution < 1.29 is 18.7 Å². The minimum atomic E-state index is -0.317. The number of ether oxygens (including phenoxy) is 1. The molecule has 154 valence electrons. The van der Waals surface area contributed by atoms with E-state index in [1.807, 2.05) is 24.3 Å². The van der Waals surface area contributed by atoms with Gasteiger partial charge in [0, 0.05) is 26.7 Å². The molecule has 0 bridgehead atoms. The van der Waals surface area contributed by atoms with Gasteiger partial charge in [0.15, 0.2) is 0 Å². The summed E-state index contributed by atoms with van der Waals surface area (Å²) in [5.74, 6) is -0.588. The van der Waals surface area contributed by atoms with Crippen molar-refractivity contribution in [3.63, 3.8) is 0 Å². The lowest BCUT2D eigenvalue weighted by atomic mass is 9.96. The van der Waals surface area contributed by atoms with Crippen LogP contribution in [0.25, 0.3) is 0 Å². The van der Waals surface area contributed by atoms with Gasteiger partial charge < -0.3 is 15.0 Å². The number of nitrogens with one attached hydrogen (secondary N) is 1. The summed E-state index contributed by atoms with van der Waals surface area (Å²) in [4.78, 5) is 27.0. The van der Waals surface area contributed by atoms with Crippen molar-refractivity contribution in [2.24, 2.45) is 5.92 Å². The van der Waals surface area contributed by atoms with Crippen LogP contribution in [-0.2, 0) is 33.9 Å². The summed E-state index contributed by atoms with van der Waals surface area (Å²) < 4.78 is 18.2. The minimum Gasteiger partial charge on any atom is -0.380 e. The molecule has 1 atom stereocenters. The SMILES string of the molecule is COCc1ccccc1CNC(=O)C1CCCN(C(=O)Cc2ccc(F)cc2)C1. The number of carbonyl (C=O) groups excluding carboxylic acids is 2. The van der Waals surface area contributed by atoms with E-state index >= 15 is 0 Å². The molecule has 2 amide bonds. The molecule has 0 spiro atoms. The molecule has 2 aromatic carbocycles. The third-order valence-electron chi connectivity index (χ3n) is 5.28. The highest BCUT2D eigenvalue weighted by molar-refractivity contribution is 5.82. The Morgan fingerprint density at radius 2 is 1.86 bits per heavy atom. The molecule has 3 rings (SSSR count). The van der Waals surface area contributed by atoms with E-state index in [1.165, 1.54) is 12.1 Å². The molecule has 1 saturated heterocycles. The van der Waals surface area contributed by atoms with Gasteiger partial charge in [0.2, 0.25) is 11.8 Å². The van der Waals surface area contributed by atoms with Crippen LogP contribution >= 0.6 is 0 Å². The molecule has 1 N–H and O–H groups in total. The van der Waals surface area contributed by atoms with Gasteiger partial charge in [-0.25, -0.2) is 4.39 Å². The van der Waals surface area contributed by atoms with Crippen molar-refractivity contribution in [1.82, 2.24) is 10.2 Å². The van der Waals surface area contributed by atoms with Crippen molar-refractivity contribution in [1.29, 1.82) is 0 Å². The molecule has 1 aliphatic heterocycles. The number of likely N-dealkylation sites (tertiary alicyclic amines) is 1. The van der Waals surface area contributed by atoms with E-state index in [1.54, 1.807) is 24.1 Å². The second kappa shape index (κ2) is 10.2. The van der Waals surface area contributed by atoms with Gasteiger partial charge in [-0.2, -0.15) is 0 Å². The zero-order valence-electron chi connectivity index (χ0n) is 16.7. The van der Waals surface area contributed by atoms with Crippen LogP contribution in [0.2, 0.25) is 0 Å². The number of hydrogen-bond donors (Lipinski definition) is 1. The van der Waals surface area contributed by atoms with E-state index in [9.17, 15) is 14.0 Å². The maximum absolute atomic E-state index is 13.0. The first kappa shape index (κ1) is 21.0. The molecule has 5 nitrogen and oxygen atoms in total. The van der Waals surface area contributed by atoms with Gasteiger partial charge in [-0.3, -0.25) is 9.59 Å². The quantitative estimate of drug-likeness (QED) is 0.780. The Kier molecular flexibility index (Phi) is 7.36. The average Bonchev–Trinajstić information content (AvgIpc) is 2.75. The topological polar surface area (TPSA) is 58.6 Å². The molecular formula is C23H27FN2O3. The van der Waals surface area contributed by atoms with Crippen LogP contribution in [0.15, 0.2) is 48.5 Å². The first-order valence-corrected chi connectivity index (χ1v) is 9.92. The van der Waals surface area contributed by atoms with Gasteiger partial charge in [-0.05, 0) is 41.7 Å². The van der Waals surface area contributed by atoms with Crippen LogP contribution in [0.1, 0.15) is 29.5 Å². The van der Waals surface area contributed by atoms with Crippen LogP contribution in [0.3, 0.4) is 0 Å². The lowest BCUT2D eigenvalue weighted by molar-refractivity contribution is -0.135. The standard InChI is InChI=1S/C23H27FN2O3/c1-29-16-20-6-3-2-5-18(20)14-25-23(28)19-7-4-12-26(15-19)22(27)13-17-8-10-21(24)11-9-17/h2-3,5-6,8-11,19H,4,7,12-16H2,1H3,(H,25,28). The Morgan fingerprint density at radius 1 is 1.14 bits per heavy atom. The van der Waals surface area contributed by atoms with Crippen molar-refractivity contribution >= 4 is 11.8 Å². The minimum absolute atomic E-state index is 0.0282. The molecule has 1 aliphatic rings. The van der Waals surface area contributed by atoms with Gasteiger partial charge in [-0.1, -0.05) is 36.4 Å². The Bertz CT molecular complexity index is 838. The summed E-state index contributed by atoms with van der Waals surface area (Å²) in [6, 6.07) is 13.8. The number of amides is 2. The van der Waals surface area contributed by atoms with Crippen LogP contribution in [0, 0.1) is 11.7 Å². The number of hydrogen-bond acceptors (Lipinski definition) is 3. The van der Waals surface area contributed by atoms with Crippen LogP contribution < -0.4 is 5.32 Å². The number of halogens is 1. The van der Waals surface area contributed by atoms with Crippen molar-refractivity contribution in [2.45, 2.75) is 32.4 Å². The molecule has 29 heavy (non-hydrogen) atoms. The normalized spacial score (nSPS) is 16.5. The monoisotopic (exact) mass is 398 g/mol. The van der Waals surface area contributed by atoms with Gasteiger partial charge in [-0.15, -0.1) is 0 Å². The van der Waals surface area contributed by atoms with Crippen molar-refractivity contribution in [3.8, 4) is 0 Å². The lowest BCUT2D eigenvalue weighted by Gasteiger charge is -2.32. The van der Waals surface area contributed by atoms with Crippen molar-refractivity contribution in [2.75, 3.05) is 20.2 Å². The summed E-state index contributed by atoms with van der Waals surface area (Å²) in [7, 11) is 1.65. The summed E-state index contributed by atoms with van der Waals surface area (Å²) >= 11 is 0. The first-order valence-electron chi connectivity index (χ1n) is 9.92. The molecule has 0 aromatic heterocycles. The fourth-order valence-electron chi connectivity index (χ4n) is 3.66. The third kappa shape index (κ3) is 5.87.